The van der Waals surface area contributed by atoms with Gasteiger partial charge in [-0.05, 0) is 24.3 Å². The first-order valence-corrected chi connectivity index (χ1v) is 4.24. The van der Waals surface area contributed by atoms with Crippen LogP contribution in [0, 0.1) is 12.3 Å². The van der Waals surface area contributed by atoms with Crippen LogP contribution in [0.25, 0.3) is 11.4 Å². The van der Waals surface area contributed by atoms with Crippen molar-refractivity contribution in [1.82, 2.24) is 9.97 Å². The number of hydrogen-bond acceptors (Lipinski definition) is 2. The first-order valence-electron chi connectivity index (χ1n) is 4.24. The van der Waals surface area contributed by atoms with E-state index in [1.165, 1.54) is 0 Å². The summed E-state index contributed by atoms with van der Waals surface area (Å²) in [5.41, 5.74) is 2.48. The molecule has 0 saturated carbocycles. The number of terminal acetylenes is 1. The smallest absolute Gasteiger partial charge is 0.0887 e. The molecule has 2 heterocycles. The molecule has 0 N–H and O–H groups in total. The number of pyridine rings is 2. The summed E-state index contributed by atoms with van der Waals surface area (Å²) in [7, 11) is 0. The minimum atomic E-state index is 0.782. The second-order valence-corrected chi connectivity index (χ2v) is 2.79. The van der Waals surface area contributed by atoms with Crippen molar-refractivity contribution < 1.29 is 0 Å². The maximum atomic E-state index is 5.23. The van der Waals surface area contributed by atoms with Crippen molar-refractivity contribution in [3.8, 4) is 23.7 Å². The van der Waals surface area contributed by atoms with Crippen LogP contribution in [-0.4, -0.2) is 9.97 Å². The molecular formula is C12H8N2. The van der Waals surface area contributed by atoms with E-state index >= 15 is 0 Å². The molecule has 0 aromatic carbocycles. The molecule has 2 aromatic heterocycles. The van der Waals surface area contributed by atoms with Crippen LogP contribution in [0.3, 0.4) is 0 Å². The van der Waals surface area contributed by atoms with E-state index in [-0.39, 0.29) is 0 Å². The molecular weight excluding hydrogens is 172 g/mol. The summed E-state index contributed by atoms with van der Waals surface area (Å²) < 4.78 is 0. The van der Waals surface area contributed by atoms with E-state index in [0.29, 0.717) is 0 Å². The highest BCUT2D eigenvalue weighted by Gasteiger charge is 1.98. The second kappa shape index (κ2) is 3.71. The molecule has 2 heteroatoms. The third-order valence-electron chi connectivity index (χ3n) is 1.86. The summed E-state index contributed by atoms with van der Waals surface area (Å²) >= 11 is 0. The van der Waals surface area contributed by atoms with Crippen molar-refractivity contribution >= 4 is 0 Å². The van der Waals surface area contributed by atoms with Gasteiger partial charge >= 0.3 is 0 Å². The monoisotopic (exact) mass is 180 g/mol. The van der Waals surface area contributed by atoms with Crippen molar-refractivity contribution in [3.63, 3.8) is 0 Å². The summed E-state index contributed by atoms with van der Waals surface area (Å²) in [5, 5.41) is 0. The van der Waals surface area contributed by atoms with Gasteiger partial charge in [-0.1, -0.05) is 12.0 Å². The highest BCUT2D eigenvalue weighted by Crippen LogP contribution is 2.12. The summed E-state index contributed by atoms with van der Waals surface area (Å²) in [6.45, 7) is 0. The largest absolute Gasteiger partial charge is 0.255 e. The second-order valence-electron chi connectivity index (χ2n) is 2.79. The van der Waals surface area contributed by atoms with E-state index in [1.807, 2.05) is 30.3 Å². The molecule has 0 spiro atoms. The highest BCUT2D eigenvalue weighted by atomic mass is 14.8. The van der Waals surface area contributed by atoms with Crippen LogP contribution in [0.5, 0.6) is 0 Å². The highest BCUT2D eigenvalue weighted by molar-refractivity contribution is 5.54. The Kier molecular flexibility index (Phi) is 2.24. The lowest BCUT2D eigenvalue weighted by Gasteiger charge is -1.98. The molecule has 0 unspecified atom stereocenters. The zero-order valence-corrected chi connectivity index (χ0v) is 7.51. The Morgan fingerprint density at radius 1 is 1.00 bits per heavy atom. The van der Waals surface area contributed by atoms with Crippen LogP contribution in [0.2, 0.25) is 0 Å². The summed E-state index contributed by atoms with van der Waals surface area (Å²) in [6, 6.07) is 9.45. The van der Waals surface area contributed by atoms with Crippen molar-refractivity contribution in [2.45, 2.75) is 0 Å². The zero-order chi connectivity index (χ0) is 9.80. The van der Waals surface area contributed by atoms with Gasteiger partial charge in [-0.3, -0.25) is 9.97 Å². The molecule has 0 bridgehead atoms. The fourth-order valence-electron chi connectivity index (χ4n) is 1.15. The summed E-state index contributed by atoms with van der Waals surface area (Å²) in [6.07, 6.45) is 8.65. The summed E-state index contributed by atoms with van der Waals surface area (Å²) in [5.74, 6) is 2.52. The van der Waals surface area contributed by atoms with Gasteiger partial charge in [0, 0.05) is 18.0 Å². The van der Waals surface area contributed by atoms with Gasteiger partial charge in [0.2, 0.25) is 0 Å². The average Bonchev–Trinajstić information content (AvgIpc) is 2.30. The number of aromatic nitrogens is 2. The van der Waals surface area contributed by atoms with Crippen molar-refractivity contribution in [3.05, 3.63) is 48.3 Å². The van der Waals surface area contributed by atoms with Gasteiger partial charge in [-0.25, -0.2) is 0 Å². The number of nitrogens with zero attached hydrogens (tertiary/aromatic N) is 2. The maximum Gasteiger partial charge on any atom is 0.0887 e. The van der Waals surface area contributed by atoms with E-state index in [2.05, 4.69) is 15.9 Å². The standard InChI is InChI=1S/C12H8N2/c1-2-10-6-7-12(14-9-10)11-5-3-4-8-13-11/h1,3-9H. The SMILES string of the molecule is C#Cc1ccc(-c2ccccn2)nc1. The molecule has 66 valence electrons. The maximum absolute atomic E-state index is 5.23. The third kappa shape index (κ3) is 1.62. The van der Waals surface area contributed by atoms with Gasteiger partial charge in [0.1, 0.15) is 0 Å². The Balaban J connectivity index is 2.40. The van der Waals surface area contributed by atoms with E-state index < -0.39 is 0 Å². The number of hydrogen-bond donors (Lipinski definition) is 0. The van der Waals surface area contributed by atoms with Gasteiger partial charge in [-0.15, -0.1) is 6.42 Å². The first-order chi connectivity index (χ1) is 6.90. The van der Waals surface area contributed by atoms with Crippen LogP contribution in [0.4, 0.5) is 0 Å². The predicted molar refractivity (Wildman–Crippen MR) is 55.4 cm³/mol. The Labute approximate surface area is 82.7 Å². The van der Waals surface area contributed by atoms with E-state index in [9.17, 15) is 0 Å². The van der Waals surface area contributed by atoms with Crippen LogP contribution in [0.1, 0.15) is 5.56 Å². The summed E-state index contributed by atoms with van der Waals surface area (Å²) in [4.78, 5) is 8.41. The molecule has 0 amide bonds. The zero-order valence-electron chi connectivity index (χ0n) is 7.51. The molecule has 2 aromatic rings. The lowest BCUT2D eigenvalue weighted by molar-refractivity contribution is 1.24. The molecule has 0 aliphatic heterocycles. The van der Waals surface area contributed by atoms with E-state index in [0.717, 1.165) is 17.0 Å². The fraction of sp³-hybridized carbons (Fsp3) is 0. The van der Waals surface area contributed by atoms with Gasteiger partial charge in [-0.2, -0.15) is 0 Å². The number of rotatable bonds is 1. The molecule has 0 aliphatic carbocycles. The van der Waals surface area contributed by atoms with Gasteiger partial charge in [0.25, 0.3) is 0 Å². The normalized spacial score (nSPS) is 9.36. The molecule has 0 aliphatic rings. The Morgan fingerprint density at radius 3 is 2.43 bits per heavy atom. The Morgan fingerprint density at radius 2 is 1.86 bits per heavy atom. The predicted octanol–water partition coefficient (Wildman–Crippen LogP) is 2.12. The van der Waals surface area contributed by atoms with Crippen LogP contribution in [0.15, 0.2) is 42.7 Å². The molecule has 14 heavy (non-hydrogen) atoms. The Bertz CT molecular complexity index is 452. The van der Waals surface area contributed by atoms with Crippen molar-refractivity contribution in [1.29, 1.82) is 0 Å². The minimum Gasteiger partial charge on any atom is -0.255 e. The third-order valence-corrected chi connectivity index (χ3v) is 1.86. The molecule has 0 saturated heterocycles. The van der Waals surface area contributed by atoms with Gasteiger partial charge in [0.05, 0.1) is 11.4 Å². The molecule has 2 nitrogen and oxygen atoms in total. The topological polar surface area (TPSA) is 25.8 Å². The molecule has 0 radical (unpaired) electrons. The first kappa shape index (κ1) is 8.46. The lowest BCUT2D eigenvalue weighted by atomic mass is 10.2. The minimum absolute atomic E-state index is 0.782. The molecule has 0 fully saturated rings. The van der Waals surface area contributed by atoms with Gasteiger partial charge < -0.3 is 0 Å². The van der Waals surface area contributed by atoms with E-state index in [4.69, 9.17) is 6.42 Å². The Hall–Kier alpha value is -2.14. The van der Waals surface area contributed by atoms with Crippen LogP contribution < -0.4 is 0 Å². The molecule has 0 atom stereocenters. The van der Waals surface area contributed by atoms with Crippen molar-refractivity contribution in [2.75, 3.05) is 0 Å². The van der Waals surface area contributed by atoms with Gasteiger partial charge in [0.15, 0.2) is 0 Å². The lowest BCUT2D eigenvalue weighted by Crippen LogP contribution is -1.86. The van der Waals surface area contributed by atoms with Crippen LogP contribution >= 0.6 is 0 Å². The fourth-order valence-corrected chi connectivity index (χ4v) is 1.15. The molecule has 2 rings (SSSR count). The van der Waals surface area contributed by atoms with Crippen LogP contribution in [-0.2, 0) is 0 Å². The quantitative estimate of drug-likeness (QED) is 0.628. The van der Waals surface area contributed by atoms with E-state index in [1.54, 1.807) is 12.4 Å². The average molecular weight is 180 g/mol. The van der Waals surface area contributed by atoms with Crippen molar-refractivity contribution in [2.24, 2.45) is 0 Å².